The molecule has 0 amide bonds. The number of halogens is 1. The van der Waals surface area contributed by atoms with Crippen molar-refractivity contribution in [3.63, 3.8) is 0 Å². The van der Waals surface area contributed by atoms with Crippen molar-refractivity contribution in [2.45, 2.75) is 6.42 Å². The summed E-state index contributed by atoms with van der Waals surface area (Å²) < 4.78 is 0. The van der Waals surface area contributed by atoms with E-state index in [-0.39, 0.29) is 40.3 Å². The first kappa shape index (κ1) is 15.2. The first-order valence-corrected chi connectivity index (χ1v) is 5.51. The van der Waals surface area contributed by atoms with E-state index in [1.807, 2.05) is 30.3 Å². The molecular formula is C13H10ClNNaO2. The number of hydrogen-bond acceptors (Lipinski definition) is 2. The van der Waals surface area contributed by atoms with Crippen LogP contribution in [0.4, 0.5) is 5.69 Å². The Morgan fingerprint density at radius 3 is 2.28 bits per heavy atom. The van der Waals surface area contributed by atoms with Crippen molar-refractivity contribution in [3.05, 3.63) is 74.8 Å². The van der Waals surface area contributed by atoms with Crippen molar-refractivity contribution >= 4 is 46.8 Å². The van der Waals surface area contributed by atoms with Gasteiger partial charge in [0.1, 0.15) is 5.02 Å². The average Bonchev–Trinajstić information content (AvgIpc) is 2.30. The minimum atomic E-state index is -0.478. The van der Waals surface area contributed by atoms with Gasteiger partial charge in [-0.25, -0.2) is 0 Å². The van der Waals surface area contributed by atoms with Crippen LogP contribution in [0, 0.1) is 10.1 Å². The molecule has 0 atom stereocenters. The van der Waals surface area contributed by atoms with Crippen molar-refractivity contribution in [3.8, 4) is 0 Å². The van der Waals surface area contributed by atoms with Crippen molar-refractivity contribution in [1.82, 2.24) is 0 Å². The van der Waals surface area contributed by atoms with Gasteiger partial charge >= 0.3 is 0 Å². The van der Waals surface area contributed by atoms with Crippen LogP contribution in [0.25, 0.3) is 0 Å². The van der Waals surface area contributed by atoms with Crippen LogP contribution < -0.4 is 0 Å². The smallest absolute Gasteiger partial charge is 0.258 e. The van der Waals surface area contributed by atoms with Gasteiger partial charge in [0.05, 0.1) is 4.92 Å². The van der Waals surface area contributed by atoms with Crippen LogP contribution in [-0.4, -0.2) is 34.5 Å². The van der Waals surface area contributed by atoms with Crippen LogP contribution in [-0.2, 0) is 6.42 Å². The third-order valence-corrected chi connectivity index (χ3v) is 2.76. The van der Waals surface area contributed by atoms with E-state index in [1.165, 1.54) is 6.07 Å². The van der Waals surface area contributed by atoms with Crippen molar-refractivity contribution in [2.75, 3.05) is 0 Å². The van der Waals surface area contributed by atoms with Crippen LogP contribution >= 0.6 is 11.6 Å². The third kappa shape index (κ3) is 3.82. The van der Waals surface area contributed by atoms with E-state index in [0.29, 0.717) is 0 Å². The van der Waals surface area contributed by atoms with Crippen molar-refractivity contribution < 1.29 is 4.92 Å². The fourth-order valence-electron chi connectivity index (χ4n) is 1.64. The molecular weight excluding hydrogens is 261 g/mol. The largest absolute Gasteiger partial charge is 0.287 e. The standard InChI is InChI=1S/C13H10ClNO2.Na/c14-12-9-11(6-7-13(12)15(16)17)8-10-4-2-1-3-5-10;/h1-7,9H,8H2;. The summed E-state index contributed by atoms with van der Waals surface area (Å²) in [5, 5.41) is 10.8. The molecule has 0 aliphatic carbocycles. The van der Waals surface area contributed by atoms with Crippen LogP contribution in [0.3, 0.4) is 0 Å². The van der Waals surface area contributed by atoms with E-state index >= 15 is 0 Å². The number of nitro groups is 1. The molecule has 0 aliphatic rings. The summed E-state index contributed by atoms with van der Waals surface area (Å²) in [6.07, 6.45) is 0.721. The average molecular weight is 271 g/mol. The van der Waals surface area contributed by atoms with Gasteiger partial charge in [-0.05, 0) is 23.6 Å². The molecule has 0 spiro atoms. The molecule has 0 aliphatic heterocycles. The molecule has 2 aromatic rings. The molecule has 2 rings (SSSR count). The number of rotatable bonds is 3. The zero-order valence-corrected chi connectivity index (χ0v) is 12.7. The Balaban J connectivity index is 0.00000162. The Bertz CT molecular complexity index is 546. The Morgan fingerprint density at radius 2 is 1.72 bits per heavy atom. The van der Waals surface area contributed by atoms with Gasteiger partial charge in [-0.1, -0.05) is 48.0 Å². The Kier molecular flexibility index (Phi) is 5.82. The predicted octanol–water partition coefficient (Wildman–Crippen LogP) is 3.46. The molecule has 0 saturated heterocycles. The monoisotopic (exact) mass is 270 g/mol. The topological polar surface area (TPSA) is 43.1 Å². The molecule has 0 unspecified atom stereocenters. The molecule has 0 heterocycles. The first-order chi connectivity index (χ1) is 8.16. The molecule has 2 aromatic carbocycles. The maximum absolute atomic E-state index is 10.6. The summed E-state index contributed by atoms with van der Waals surface area (Å²) in [6, 6.07) is 14.7. The van der Waals surface area contributed by atoms with Crippen molar-refractivity contribution in [1.29, 1.82) is 0 Å². The molecule has 1 radical (unpaired) electrons. The van der Waals surface area contributed by atoms with E-state index in [9.17, 15) is 10.1 Å². The molecule has 0 bridgehead atoms. The number of hydrogen-bond donors (Lipinski definition) is 0. The molecule has 5 heteroatoms. The van der Waals surface area contributed by atoms with Gasteiger partial charge in [-0.3, -0.25) is 10.1 Å². The number of benzene rings is 2. The van der Waals surface area contributed by atoms with E-state index < -0.39 is 4.92 Å². The second-order valence-corrected chi connectivity index (χ2v) is 4.11. The van der Waals surface area contributed by atoms with Gasteiger partial charge in [0.15, 0.2) is 0 Å². The van der Waals surface area contributed by atoms with Gasteiger partial charge in [-0.2, -0.15) is 0 Å². The maximum Gasteiger partial charge on any atom is 0.287 e. The quantitative estimate of drug-likeness (QED) is 0.487. The second kappa shape index (κ2) is 6.90. The normalized spacial score (nSPS) is 9.61. The van der Waals surface area contributed by atoms with Crippen LogP contribution in [0.1, 0.15) is 11.1 Å². The third-order valence-electron chi connectivity index (χ3n) is 2.46. The number of nitro benzene ring substituents is 1. The molecule has 3 nitrogen and oxygen atoms in total. The second-order valence-electron chi connectivity index (χ2n) is 3.71. The van der Waals surface area contributed by atoms with Crippen LogP contribution in [0.2, 0.25) is 5.02 Å². The fraction of sp³-hybridized carbons (Fsp3) is 0.0769. The predicted molar refractivity (Wildman–Crippen MR) is 73.1 cm³/mol. The summed E-state index contributed by atoms with van der Waals surface area (Å²) in [5.74, 6) is 0. The van der Waals surface area contributed by atoms with Crippen LogP contribution in [0.15, 0.2) is 48.5 Å². The summed E-state index contributed by atoms with van der Waals surface area (Å²) >= 11 is 5.85. The van der Waals surface area contributed by atoms with Gasteiger partial charge in [0.2, 0.25) is 0 Å². The van der Waals surface area contributed by atoms with E-state index in [4.69, 9.17) is 11.6 Å². The Hall–Kier alpha value is -0.870. The minimum Gasteiger partial charge on any atom is -0.258 e. The molecule has 18 heavy (non-hydrogen) atoms. The fourth-order valence-corrected chi connectivity index (χ4v) is 1.91. The van der Waals surface area contributed by atoms with Crippen LogP contribution in [0.5, 0.6) is 0 Å². The summed E-state index contributed by atoms with van der Waals surface area (Å²) in [5.41, 5.74) is 2.06. The first-order valence-electron chi connectivity index (χ1n) is 5.13. The Labute approximate surface area is 132 Å². The summed E-state index contributed by atoms with van der Waals surface area (Å²) in [4.78, 5) is 10.1. The molecule has 0 aromatic heterocycles. The van der Waals surface area contributed by atoms with Gasteiger partial charge in [-0.15, -0.1) is 0 Å². The van der Waals surface area contributed by atoms with E-state index in [2.05, 4.69) is 0 Å². The molecule has 0 N–H and O–H groups in total. The zero-order chi connectivity index (χ0) is 12.3. The van der Waals surface area contributed by atoms with Gasteiger partial charge in [0, 0.05) is 35.6 Å². The Morgan fingerprint density at radius 1 is 1.06 bits per heavy atom. The summed E-state index contributed by atoms with van der Waals surface area (Å²) in [7, 11) is 0. The zero-order valence-electron chi connectivity index (χ0n) is 9.97. The van der Waals surface area contributed by atoms with E-state index in [0.717, 1.165) is 17.5 Å². The SMILES string of the molecule is O=[N+]([O-])c1ccc(Cc2ccccc2)cc1Cl.[Na]. The molecule has 0 fully saturated rings. The maximum atomic E-state index is 10.6. The van der Waals surface area contributed by atoms with Gasteiger partial charge < -0.3 is 0 Å². The van der Waals surface area contributed by atoms with Crippen molar-refractivity contribution in [2.24, 2.45) is 0 Å². The molecule has 87 valence electrons. The number of nitrogens with zero attached hydrogens (tertiary/aromatic N) is 1. The van der Waals surface area contributed by atoms with E-state index in [1.54, 1.807) is 12.1 Å². The molecule has 0 saturated carbocycles. The summed E-state index contributed by atoms with van der Waals surface area (Å²) in [6.45, 7) is 0. The minimum absolute atomic E-state index is 0. The van der Waals surface area contributed by atoms with Gasteiger partial charge in [0.25, 0.3) is 5.69 Å².